The number of nitrogens with one attached hydrogen (secondary N) is 2. The second-order valence-corrected chi connectivity index (χ2v) is 9.00. The Bertz CT molecular complexity index is 813. The lowest BCUT2D eigenvalue weighted by Gasteiger charge is -2.24. The molecule has 2 aromatic carbocycles. The number of piperidine rings is 1. The first kappa shape index (κ1) is 26.1. The topological polar surface area (TPSA) is 36.4 Å². The molecule has 0 amide bonds. The third kappa shape index (κ3) is 9.56. The molecule has 3 heteroatoms. The van der Waals surface area contributed by atoms with Crippen molar-refractivity contribution in [2.45, 2.75) is 77.6 Å². The number of rotatable bonds is 11. The number of nitrogens with zero attached hydrogens (tertiary/aromatic N) is 1. The number of fused-ring (bicyclic) bond motifs is 1. The van der Waals surface area contributed by atoms with Gasteiger partial charge in [-0.25, -0.2) is 0 Å². The molecule has 1 saturated heterocycles. The standard InChI is InChI=1S/C15H17N.C14H28N2/c1-2-6-14-12(4-1)5-3-7-15(14)13-8-10-16-11-9-13;1-5-6-10-14(3)16-12-9-7-8-11-13(2)15-4/h1-7,13,16H,8-11H2;16H,3,5-12H2,1-2,4H3. The highest BCUT2D eigenvalue weighted by Crippen LogP contribution is 2.31. The lowest BCUT2D eigenvalue weighted by atomic mass is 9.87. The van der Waals surface area contributed by atoms with Crippen molar-refractivity contribution in [3.8, 4) is 0 Å². The number of unbranched alkanes of at least 4 members (excludes halogenated alkanes) is 3. The quantitative estimate of drug-likeness (QED) is 0.288. The summed E-state index contributed by atoms with van der Waals surface area (Å²) in [5.41, 5.74) is 4.01. The first-order valence-electron chi connectivity index (χ1n) is 12.7. The van der Waals surface area contributed by atoms with Crippen molar-refractivity contribution in [3.05, 3.63) is 60.3 Å². The molecule has 3 nitrogen and oxygen atoms in total. The Morgan fingerprint density at radius 2 is 1.75 bits per heavy atom. The Morgan fingerprint density at radius 1 is 1.00 bits per heavy atom. The van der Waals surface area contributed by atoms with Crippen LogP contribution in [0.4, 0.5) is 0 Å². The van der Waals surface area contributed by atoms with Gasteiger partial charge in [-0.2, -0.15) is 0 Å². The number of benzene rings is 2. The zero-order valence-electron chi connectivity index (χ0n) is 20.8. The van der Waals surface area contributed by atoms with Crippen LogP contribution in [0, 0.1) is 0 Å². The molecule has 0 radical (unpaired) electrons. The summed E-state index contributed by atoms with van der Waals surface area (Å²) in [5, 5.41) is 9.64. The second kappa shape index (κ2) is 15.6. The smallest absolute Gasteiger partial charge is 0.0276 e. The van der Waals surface area contributed by atoms with Gasteiger partial charge in [-0.15, -0.1) is 0 Å². The largest absolute Gasteiger partial charge is 0.389 e. The summed E-state index contributed by atoms with van der Waals surface area (Å²) in [7, 11) is 1.87. The highest BCUT2D eigenvalue weighted by molar-refractivity contribution is 5.86. The zero-order valence-corrected chi connectivity index (χ0v) is 20.8. The Balaban J connectivity index is 0.000000227. The second-order valence-electron chi connectivity index (χ2n) is 9.00. The van der Waals surface area contributed by atoms with Gasteiger partial charge in [0.1, 0.15) is 0 Å². The normalized spacial score (nSPS) is 14.7. The van der Waals surface area contributed by atoms with Crippen molar-refractivity contribution in [2.24, 2.45) is 4.99 Å². The third-order valence-corrected chi connectivity index (χ3v) is 6.41. The van der Waals surface area contributed by atoms with Gasteiger partial charge in [0.15, 0.2) is 0 Å². The molecule has 2 aromatic rings. The van der Waals surface area contributed by atoms with Crippen LogP contribution in [0.15, 0.2) is 59.7 Å². The van der Waals surface area contributed by atoms with E-state index in [1.165, 1.54) is 67.1 Å². The van der Waals surface area contributed by atoms with E-state index in [4.69, 9.17) is 0 Å². The van der Waals surface area contributed by atoms with Crippen molar-refractivity contribution in [1.82, 2.24) is 10.6 Å². The van der Waals surface area contributed by atoms with E-state index in [9.17, 15) is 0 Å². The minimum Gasteiger partial charge on any atom is -0.389 e. The van der Waals surface area contributed by atoms with E-state index in [2.05, 4.69) is 78.5 Å². The Hall–Kier alpha value is -2.13. The molecule has 1 aliphatic heterocycles. The molecule has 1 fully saturated rings. The van der Waals surface area contributed by atoms with E-state index in [1.807, 2.05) is 7.05 Å². The lowest BCUT2D eigenvalue weighted by Crippen LogP contribution is -2.26. The van der Waals surface area contributed by atoms with Crippen LogP contribution in [0.1, 0.15) is 83.1 Å². The van der Waals surface area contributed by atoms with Crippen LogP contribution in [-0.2, 0) is 0 Å². The maximum Gasteiger partial charge on any atom is 0.0276 e. The van der Waals surface area contributed by atoms with Gasteiger partial charge in [0.05, 0.1) is 0 Å². The van der Waals surface area contributed by atoms with Crippen LogP contribution >= 0.6 is 0 Å². The van der Waals surface area contributed by atoms with Crippen molar-refractivity contribution >= 4 is 16.5 Å². The average molecular weight is 436 g/mol. The van der Waals surface area contributed by atoms with Gasteiger partial charge in [0, 0.05) is 25.0 Å². The van der Waals surface area contributed by atoms with E-state index in [0.717, 1.165) is 38.4 Å². The molecule has 3 rings (SSSR count). The van der Waals surface area contributed by atoms with E-state index in [-0.39, 0.29) is 0 Å². The van der Waals surface area contributed by atoms with Gasteiger partial charge in [-0.05, 0) is 87.2 Å². The van der Waals surface area contributed by atoms with Crippen LogP contribution in [-0.4, -0.2) is 32.4 Å². The third-order valence-electron chi connectivity index (χ3n) is 6.41. The molecule has 0 aliphatic carbocycles. The summed E-state index contributed by atoms with van der Waals surface area (Å²) in [6, 6.07) is 15.4. The van der Waals surface area contributed by atoms with Gasteiger partial charge in [0.2, 0.25) is 0 Å². The maximum absolute atomic E-state index is 4.16. The predicted molar refractivity (Wildman–Crippen MR) is 143 cm³/mol. The van der Waals surface area contributed by atoms with Gasteiger partial charge < -0.3 is 10.6 Å². The molecular formula is C29H45N3. The number of hydrogen-bond acceptors (Lipinski definition) is 3. The summed E-state index contributed by atoms with van der Waals surface area (Å²) in [5.74, 6) is 0.743. The first-order valence-corrected chi connectivity index (χ1v) is 12.7. The highest BCUT2D eigenvalue weighted by atomic mass is 14.9. The van der Waals surface area contributed by atoms with Gasteiger partial charge >= 0.3 is 0 Å². The molecule has 1 heterocycles. The van der Waals surface area contributed by atoms with E-state index in [1.54, 1.807) is 5.56 Å². The average Bonchev–Trinajstić information content (AvgIpc) is 2.85. The predicted octanol–water partition coefficient (Wildman–Crippen LogP) is 7.24. The number of aliphatic imine (C=N–C) groups is 1. The minimum atomic E-state index is 0.743. The fourth-order valence-electron chi connectivity index (χ4n) is 4.28. The minimum absolute atomic E-state index is 0.743. The van der Waals surface area contributed by atoms with Crippen LogP contribution < -0.4 is 10.6 Å². The Kier molecular flexibility index (Phi) is 12.8. The Labute approximate surface area is 196 Å². The summed E-state index contributed by atoms with van der Waals surface area (Å²) in [6.07, 6.45) is 11.1. The molecule has 0 bridgehead atoms. The molecule has 0 saturated carbocycles. The lowest BCUT2D eigenvalue weighted by molar-refractivity contribution is 0.462. The summed E-state index contributed by atoms with van der Waals surface area (Å²) in [6.45, 7) is 11.7. The summed E-state index contributed by atoms with van der Waals surface area (Å²) >= 11 is 0. The van der Waals surface area contributed by atoms with Gasteiger partial charge in [-0.3, -0.25) is 4.99 Å². The number of hydrogen-bond donors (Lipinski definition) is 2. The zero-order chi connectivity index (χ0) is 23.0. The molecule has 0 unspecified atom stereocenters. The number of allylic oxidation sites excluding steroid dienone is 1. The van der Waals surface area contributed by atoms with Crippen LogP contribution in [0.5, 0.6) is 0 Å². The molecule has 0 spiro atoms. The van der Waals surface area contributed by atoms with Crippen molar-refractivity contribution in [1.29, 1.82) is 0 Å². The maximum atomic E-state index is 4.16. The van der Waals surface area contributed by atoms with Crippen LogP contribution in [0.2, 0.25) is 0 Å². The van der Waals surface area contributed by atoms with Crippen molar-refractivity contribution < 1.29 is 0 Å². The highest BCUT2D eigenvalue weighted by Gasteiger charge is 2.16. The van der Waals surface area contributed by atoms with E-state index < -0.39 is 0 Å². The first-order chi connectivity index (χ1) is 15.7. The molecule has 32 heavy (non-hydrogen) atoms. The Morgan fingerprint density at radius 3 is 2.50 bits per heavy atom. The summed E-state index contributed by atoms with van der Waals surface area (Å²) < 4.78 is 0. The van der Waals surface area contributed by atoms with Crippen LogP contribution in [0.3, 0.4) is 0 Å². The SMILES string of the molecule is C=C(CCCC)NCCCCCC(C)=NC.c1ccc2c(C3CCNCC3)cccc2c1. The molecule has 176 valence electrons. The van der Waals surface area contributed by atoms with Gasteiger partial charge in [0.25, 0.3) is 0 Å². The monoisotopic (exact) mass is 435 g/mol. The van der Waals surface area contributed by atoms with Crippen molar-refractivity contribution in [3.63, 3.8) is 0 Å². The summed E-state index contributed by atoms with van der Waals surface area (Å²) in [4.78, 5) is 4.16. The molecule has 0 aromatic heterocycles. The fourth-order valence-corrected chi connectivity index (χ4v) is 4.28. The molecular weight excluding hydrogens is 390 g/mol. The van der Waals surface area contributed by atoms with E-state index in [0.29, 0.717) is 0 Å². The molecule has 1 aliphatic rings. The van der Waals surface area contributed by atoms with Crippen molar-refractivity contribution in [2.75, 3.05) is 26.7 Å². The fraction of sp³-hybridized carbons (Fsp3) is 0.552. The molecule has 0 atom stereocenters. The molecule has 2 N–H and O–H groups in total. The van der Waals surface area contributed by atoms with Gasteiger partial charge in [-0.1, -0.05) is 68.8 Å². The van der Waals surface area contributed by atoms with Crippen LogP contribution in [0.25, 0.3) is 10.8 Å². The van der Waals surface area contributed by atoms with E-state index >= 15 is 0 Å².